The van der Waals surface area contributed by atoms with Crippen LogP contribution in [0.1, 0.15) is 26.7 Å². The largest absolute Gasteiger partial charge is 0.379 e. The van der Waals surface area contributed by atoms with E-state index in [0.717, 1.165) is 19.4 Å². The Kier molecular flexibility index (Phi) is 3.89. The molecule has 4 heteroatoms. The maximum atomic E-state index is 11.5. The third-order valence-corrected chi connectivity index (χ3v) is 2.74. The lowest BCUT2D eigenvalue weighted by molar-refractivity contribution is -0.128. The Morgan fingerprint density at radius 3 is 2.57 bits per heavy atom. The Morgan fingerprint density at radius 2 is 2.21 bits per heavy atom. The molecule has 0 saturated heterocycles. The first-order valence-corrected chi connectivity index (χ1v) is 5.30. The number of ether oxygens (including phenoxy) is 1. The number of rotatable bonds is 7. The summed E-state index contributed by atoms with van der Waals surface area (Å²) in [4.78, 5) is 11.5. The third kappa shape index (κ3) is 2.25. The molecule has 4 nitrogen and oxygen atoms in total. The van der Waals surface area contributed by atoms with Crippen LogP contribution in [0.4, 0.5) is 0 Å². The van der Waals surface area contributed by atoms with Crippen molar-refractivity contribution in [3.05, 3.63) is 0 Å². The van der Waals surface area contributed by atoms with Crippen molar-refractivity contribution in [1.82, 2.24) is 5.32 Å². The first kappa shape index (κ1) is 11.5. The molecule has 1 rings (SSSR count). The summed E-state index contributed by atoms with van der Waals surface area (Å²) < 4.78 is 5.35. The molecule has 1 aliphatic carbocycles. The summed E-state index contributed by atoms with van der Waals surface area (Å²) in [5, 5.41) is 3.19. The fraction of sp³-hybridized carbons (Fsp3) is 0.900. The lowest BCUT2D eigenvalue weighted by Gasteiger charge is -2.31. The van der Waals surface area contributed by atoms with Crippen molar-refractivity contribution < 1.29 is 9.53 Å². The lowest BCUT2D eigenvalue weighted by Crippen LogP contribution is -2.60. The van der Waals surface area contributed by atoms with Gasteiger partial charge in [0, 0.05) is 6.61 Å². The maximum absolute atomic E-state index is 11.5. The minimum Gasteiger partial charge on any atom is -0.379 e. The van der Waals surface area contributed by atoms with E-state index in [2.05, 4.69) is 5.32 Å². The molecular weight excluding hydrogens is 180 g/mol. The molecule has 0 aromatic carbocycles. The number of hydrogen-bond acceptors (Lipinski definition) is 3. The number of primary amides is 1. The summed E-state index contributed by atoms with van der Waals surface area (Å²) >= 11 is 0. The second-order valence-electron chi connectivity index (χ2n) is 3.78. The quantitative estimate of drug-likeness (QED) is 0.620. The summed E-state index contributed by atoms with van der Waals surface area (Å²) in [5.74, 6) is 0.0850. The van der Waals surface area contributed by atoms with Crippen molar-refractivity contribution in [2.24, 2.45) is 11.7 Å². The molecule has 82 valence electrons. The van der Waals surface area contributed by atoms with Crippen LogP contribution in [0.25, 0.3) is 0 Å². The summed E-state index contributed by atoms with van der Waals surface area (Å²) in [7, 11) is 0. The molecule has 3 N–H and O–H groups in total. The Bertz CT molecular complexity index is 204. The van der Waals surface area contributed by atoms with Crippen LogP contribution in [-0.2, 0) is 9.53 Å². The standard InChI is InChI=1S/C10H20N2O2/c1-3-12-10(9(11)13,7-14-4-2)8-5-6-8/h8,12H,3-7H2,1-2H3,(H2,11,13). The average molecular weight is 200 g/mol. The highest BCUT2D eigenvalue weighted by molar-refractivity contribution is 5.85. The van der Waals surface area contributed by atoms with Crippen molar-refractivity contribution >= 4 is 5.91 Å². The number of carbonyl (C=O) groups excluding carboxylic acids is 1. The van der Waals surface area contributed by atoms with E-state index >= 15 is 0 Å². The van der Waals surface area contributed by atoms with Crippen molar-refractivity contribution in [2.45, 2.75) is 32.2 Å². The zero-order chi connectivity index (χ0) is 10.6. The Labute approximate surface area is 85.2 Å². The predicted octanol–water partition coefficient (Wildman–Crippen LogP) is 0.267. The highest BCUT2D eigenvalue weighted by Crippen LogP contribution is 2.39. The zero-order valence-electron chi connectivity index (χ0n) is 9.01. The van der Waals surface area contributed by atoms with Crippen molar-refractivity contribution in [2.75, 3.05) is 19.8 Å². The van der Waals surface area contributed by atoms with Crippen LogP contribution in [-0.4, -0.2) is 31.2 Å². The predicted molar refractivity (Wildman–Crippen MR) is 54.8 cm³/mol. The Balaban J connectivity index is 2.67. The van der Waals surface area contributed by atoms with Gasteiger partial charge in [-0.15, -0.1) is 0 Å². The van der Waals surface area contributed by atoms with Crippen LogP contribution in [0.5, 0.6) is 0 Å². The van der Waals surface area contributed by atoms with E-state index < -0.39 is 5.54 Å². The first-order chi connectivity index (χ1) is 6.67. The fourth-order valence-electron chi connectivity index (χ4n) is 1.83. The number of amides is 1. The number of nitrogens with two attached hydrogens (primary N) is 1. The van der Waals surface area contributed by atoms with Gasteiger partial charge in [0.1, 0.15) is 5.54 Å². The summed E-state index contributed by atoms with van der Waals surface area (Å²) in [6, 6.07) is 0. The van der Waals surface area contributed by atoms with Gasteiger partial charge >= 0.3 is 0 Å². The highest BCUT2D eigenvalue weighted by atomic mass is 16.5. The fourth-order valence-corrected chi connectivity index (χ4v) is 1.83. The number of carbonyl (C=O) groups is 1. The van der Waals surface area contributed by atoms with Gasteiger partial charge in [-0.25, -0.2) is 0 Å². The smallest absolute Gasteiger partial charge is 0.240 e. The van der Waals surface area contributed by atoms with E-state index in [9.17, 15) is 4.79 Å². The van der Waals surface area contributed by atoms with Crippen molar-refractivity contribution in [3.63, 3.8) is 0 Å². The molecular formula is C10H20N2O2. The highest BCUT2D eigenvalue weighted by Gasteiger charge is 2.49. The number of likely N-dealkylation sites (N-methyl/N-ethyl adjacent to an activating group) is 1. The summed E-state index contributed by atoms with van der Waals surface area (Å²) in [6.45, 7) is 5.66. The molecule has 0 aromatic rings. The second-order valence-corrected chi connectivity index (χ2v) is 3.78. The topological polar surface area (TPSA) is 64.3 Å². The van der Waals surface area contributed by atoms with Crippen LogP contribution in [0.2, 0.25) is 0 Å². The van der Waals surface area contributed by atoms with Crippen LogP contribution in [0, 0.1) is 5.92 Å². The normalized spacial score (nSPS) is 20.4. The molecule has 0 heterocycles. The van der Waals surface area contributed by atoms with Crippen LogP contribution >= 0.6 is 0 Å². The van der Waals surface area contributed by atoms with Gasteiger partial charge in [-0.1, -0.05) is 6.92 Å². The van der Waals surface area contributed by atoms with Gasteiger partial charge in [0.05, 0.1) is 6.61 Å². The Hall–Kier alpha value is -0.610. The van der Waals surface area contributed by atoms with Gasteiger partial charge in [-0.3, -0.25) is 4.79 Å². The van der Waals surface area contributed by atoms with Gasteiger partial charge < -0.3 is 15.8 Å². The van der Waals surface area contributed by atoms with E-state index in [4.69, 9.17) is 10.5 Å². The van der Waals surface area contributed by atoms with Crippen molar-refractivity contribution in [3.8, 4) is 0 Å². The zero-order valence-corrected chi connectivity index (χ0v) is 9.01. The minimum absolute atomic E-state index is 0.282. The molecule has 1 saturated carbocycles. The molecule has 0 radical (unpaired) electrons. The van der Waals surface area contributed by atoms with Crippen LogP contribution < -0.4 is 11.1 Å². The molecule has 0 bridgehead atoms. The van der Waals surface area contributed by atoms with Gasteiger partial charge in [0.2, 0.25) is 5.91 Å². The SMILES string of the molecule is CCNC(COCC)(C(N)=O)C1CC1. The minimum atomic E-state index is -0.620. The average Bonchev–Trinajstić information content (AvgIpc) is 2.95. The van der Waals surface area contributed by atoms with Gasteiger partial charge in [0.15, 0.2) is 0 Å². The summed E-state index contributed by atoms with van der Waals surface area (Å²) in [6.07, 6.45) is 2.14. The van der Waals surface area contributed by atoms with E-state index in [1.165, 1.54) is 0 Å². The summed E-state index contributed by atoms with van der Waals surface area (Å²) in [5.41, 5.74) is 4.84. The van der Waals surface area contributed by atoms with Gasteiger partial charge in [-0.2, -0.15) is 0 Å². The molecule has 0 spiro atoms. The molecule has 0 aliphatic heterocycles. The van der Waals surface area contributed by atoms with E-state index in [0.29, 0.717) is 19.1 Å². The van der Waals surface area contributed by atoms with Crippen LogP contribution in [0.3, 0.4) is 0 Å². The first-order valence-electron chi connectivity index (χ1n) is 5.30. The number of hydrogen-bond donors (Lipinski definition) is 2. The molecule has 1 fully saturated rings. The maximum Gasteiger partial charge on any atom is 0.240 e. The van der Waals surface area contributed by atoms with E-state index in [1.807, 2.05) is 13.8 Å². The lowest BCUT2D eigenvalue weighted by atomic mass is 9.93. The number of nitrogens with one attached hydrogen (secondary N) is 1. The molecule has 1 amide bonds. The third-order valence-electron chi connectivity index (χ3n) is 2.74. The van der Waals surface area contributed by atoms with Crippen LogP contribution in [0.15, 0.2) is 0 Å². The Morgan fingerprint density at radius 1 is 1.57 bits per heavy atom. The van der Waals surface area contributed by atoms with Crippen molar-refractivity contribution in [1.29, 1.82) is 0 Å². The molecule has 1 unspecified atom stereocenters. The monoisotopic (exact) mass is 200 g/mol. The van der Waals surface area contributed by atoms with Gasteiger partial charge in [-0.05, 0) is 32.2 Å². The molecule has 1 atom stereocenters. The molecule has 0 aromatic heterocycles. The second kappa shape index (κ2) is 4.75. The van der Waals surface area contributed by atoms with Gasteiger partial charge in [0.25, 0.3) is 0 Å². The molecule has 1 aliphatic rings. The van der Waals surface area contributed by atoms with E-state index in [-0.39, 0.29) is 5.91 Å². The van der Waals surface area contributed by atoms with E-state index in [1.54, 1.807) is 0 Å². The molecule has 14 heavy (non-hydrogen) atoms.